The van der Waals surface area contributed by atoms with Gasteiger partial charge in [-0.05, 0) is 24.3 Å². The number of nitrogens with zero attached hydrogens (tertiary/aromatic N) is 3. The Labute approximate surface area is 132 Å². The third-order valence-corrected chi connectivity index (χ3v) is 3.69. The molecule has 0 unspecified atom stereocenters. The van der Waals surface area contributed by atoms with Crippen molar-refractivity contribution < 1.29 is 10.2 Å². The molecule has 4 aromatic rings. The molecule has 2 aromatic carbocycles. The van der Waals surface area contributed by atoms with E-state index in [9.17, 15) is 10.2 Å². The number of fused-ring (bicyclic) bond motifs is 1. The number of hydrogen-bond acceptors (Lipinski definition) is 4. The van der Waals surface area contributed by atoms with Crippen molar-refractivity contribution >= 4 is 5.65 Å². The molecule has 23 heavy (non-hydrogen) atoms. The summed E-state index contributed by atoms with van der Waals surface area (Å²) in [6.07, 6.45) is 3.35. The van der Waals surface area contributed by atoms with Gasteiger partial charge in [0.15, 0.2) is 5.65 Å². The fourth-order valence-corrected chi connectivity index (χ4v) is 2.51. The average Bonchev–Trinajstić information content (AvgIpc) is 2.93. The van der Waals surface area contributed by atoms with E-state index in [-0.39, 0.29) is 11.6 Å². The highest BCUT2D eigenvalue weighted by Crippen LogP contribution is 2.30. The Kier molecular flexibility index (Phi) is 2.98. The van der Waals surface area contributed by atoms with Crippen LogP contribution in [0.2, 0.25) is 0 Å². The van der Waals surface area contributed by atoms with Gasteiger partial charge in [-0.25, -0.2) is 4.98 Å². The zero-order valence-electron chi connectivity index (χ0n) is 12.1. The first-order chi connectivity index (χ1) is 11.2. The maximum absolute atomic E-state index is 10.5. The number of hydrogen-bond donors (Lipinski definition) is 2. The monoisotopic (exact) mass is 303 g/mol. The molecular formula is C18H13N3O2. The van der Waals surface area contributed by atoms with Crippen LogP contribution in [0.1, 0.15) is 0 Å². The van der Waals surface area contributed by atoms with Gasteiger partial charge in [-0.15, -0.1) is 0 Å². The quantitative estimate of drug-likeness (QED) is 0.595. The number of imidazole rings is 1. The Bertz CT molecular complexity index is 977. The fraction of sp³-hybridized carbons (Fsp3) is 0. The van der Waals surface area contributed by atoms with Crippen LogP contribution in [0.4, 0.5) is 0 Å². The van der Waals surface area contributed by atoms with Crippen LogP contribution in [0, 0.1) is 0 Å². The lowest BCUT2D eigenvalue weighted by atomic mass is 10.1. The molecule has 2 heterocycles. The topological polar surface area (TPSA) is 70.7 Å². The minimum absolute atomic E-state index is 0.0774. The average molecular weight is 303 g/mol. The van der Waals surface area contributed by atoms with Crippen LogP contribution in [-0.4, -0.2) is 24.6 Å². The molecular weight excluding hydrogens is 290 g/mol. The summed E-state index contributed by atoms with van der Waals surface area (Å²) in [5.41, 5.74) is 3.47. The summed E-state index contributed by atoms with van der Waals surface area (Å²) < 4.78 is 1.61. The van der Waals surface area contributed by atoms with Gasteiger partial charge in [-0.3, -0.25) is 9.38 Å². The summed E-state index contributed by atoms with van der Waals surface area (Å²) >= 11 is 0. The van der Waals surface area contributed by atoms with Gasteiger partial charge < -0.3 is 10.2 Å². The highest BCUT2D eigenvalue weighted by Gasteiger charge is 2.14. The number of benzene rings is 2. The Morgan fingerprint density at radius 2 is 1.57 bits per heavy atom. The van der Waals surface area contributed by atoms with E-state index in [4.69, 9.17) is 0 Å². The summed E-state index contributed by atoms with van der Waals surface area (Å²) in [4.78, 5) is 8.82. The Morgan fingerprint density at radius 3 is 2.30 bits per heavy atom. The molecule has 5 nitrogen and oxygen atoms in total. The molecule has 0 aliphatic carbocycles. The molecule has 5 heteroatoms. The minimum atomic E-state index is 0.0774. The van der Waals surface area contributed by atoms with Crippen molar-refractivity contribution in [1.29, 1.82) is 0 Å². The molecule has 2 aromatic heterocycles. The van der Waals surface area contributed by atoms with Crippen molar-refractivity contribution in [2.45, 2.75) is 0 Å². The van der Waals surface area contributed by atoms with Crippen LogP contribution < -0.4 is 0 Å². The second-order valence-corrected chi connectivity index (χ2v) is 5.20. The first kappa shape index (κ1) is 13.3. The van der Waals surface area contributed by atoms with E-state index in [0.717, 1.165) is 11.1 Å². The van der Waals surface area contributed by atoms with Crippen LogP contribution in [0.15, 0.2) is 67.0 Å². The number of aromatic nitrogens is 3. The summed E-state index contributed by atoms with van der Waals surface area (Å²) in [5.74, 6) is 0.278. The van der Waals surface area contributed by atoms with E-state index in [1.54, 1.807) is 41.1 Å². The standard InChI is InChI=1S/C18H13N3O2/c22-14-8-6-12(7-9-14)15-11-21-16(10-19-15)20-17(18(21)23)13-4-2-1-3-5-13/h1-11,22-23H. The maximum atomic E-state index is 10.5. The zero-order chi connectivity index (χ0) is 15.8. The molecule has 0 saturated heterocycles. The van der Waals surface area contributed by atoms with E-state index in [0.29, 0.717) is 17.0 Å². The lowest BCUT2D eigenvalue weighted by Gasteiger charge is -2.03. The van der Waals surface area contributed by atoms with Crippen molar-refractivity contribution in [2.24, 2.45) is 0 Å². The van der Waals surface area contributed by atoms with Crippen molar-refractivity contribution in [3.63, 3.8) is 0 Å². The Hall–Kier alpha value is -3.34. The molecule has 0 saturated carbocycles. The van der Waals surface area contributed by atoms with Crippen LogP contribution in [0.25, 0.3) is 28.2 Å². The number of phenols is 1. The molecule has 0 radical (unpaired) electrons. The molecule has 112 valence electrons. The summed E-state index contributed by atoms with van der Waals surface area (Å²) in [6.45, 7) is 0. The molecule has 0 aliphatic rings. The van der Waals surface area contributed by atoms with E-state index in [1.165, 1.54) is 0 Å². The van der Waals surface area contributed by atoms with Gasteiger partial charge in [-0.2, -0.15) is 0 Å². The third kappa shape index (κ3) is 2.28. The summed E-state index contributed by atoms with van der Waals surface area (Å²) in [5, 5.41) is 19.9. The van der Waals surface area contributed by atoms with Gasteiger partial charge in [0.2, 0.25) is 5.88 Å². The van der Waals surface area contributed by atoms with Gasteiger partial charge in [0.05, 0.1) is 11.9 Å². The van der Waals surface area contributed by atoms with Crippen LogP contribution in [-0.2, 0) is 0 Å². The second kappa shape index (κ2) is 5.14. The molecule has 0 amide bonds. The van der Waals surface area contributed by atoms with Crippen molar-refractivity contribution in [3.05, 3.63) is 67.0 Å². The lowest BCUT2D eigenvalue weighted by Crippen LogP contribution is -1.90. The smallest absolute Gasteiger partial charge is 0.224 e. The third-order valence-electron chi connectivity index (χ3n) is 3.69. The number of phenolic OH excluding ortho intramolecular Hbond substituents is 1. The molecule has 0 atom stereocenters. The van der Waals surface area contributed by atoms with Gasteiger partial charge in [-0.1, -0.05) is 30.3 Å². The van der Waals surface area contributed by atoms with Gasteiger partial charge in [0, 0.05) is 17.3 Å². The summed E-state index contributed by atoms with van der Waals surface area (Å²) in [7, 11) is 0. The largest absolute Gasteiger partial charge is 0.508 e. The van der Waals surface area contributed by atoms with Crippen LogP contribution in [0.5, 0.6) is 11.6 Å². The molecule has 0 aliphatic heterocycles. The predicted molar refractivity (Wildman–Crippen MR) is 87.2 cm³/mol. The number of rotatable bonds is 2. The maximum Gasteiger partial charge on any atom is 0.224 e. The SMILES string of the molecule is Oc1ccc(-c2cn3c(O)c(-c4ccccc4)nc3cn2)cc1. The highest BCUT2D eigenvalue weighted by molar-refractivity contribution is 5.70. The molecule has 0 fully saturated rings. The first-order valence-electron chi connectivity index (χ1n) is 7.14. The molecule has 0 spiro atoms. The first-order valence-corrected chi connectivity index (χ1v) is 7.14. The van der Waals surface area contributed by atoms with Gasteiger partial charge in [0.1, 0.15) is 11.4 Å². The van der Waals surface area contributed by atoms with E-state index in [1.807, 2.05) is 30.3 Å². The minimum Gasteiger partial charge on any atom is -0.508 e. The Balaban J connectivity index is 1.86. The van der Waals surface area contributed by atoms with E-state index >= 15 is 0 Å². The fourth-order valence-electron chi connectivity index (χ4n) is 2.51. The van der Waals surface area contributed by atoms with E-state index < -0.39 is 0 Å². The van der Waals surface area contributed by atoms with Crippen molar-refractivity contribution in [1.82, 2.24) is 14.4 Å². The molecule has 2 N–H and O–H groups in total. The van der Waals surface area contributed by atoms with Gasteiger partial charge >= 0.3 is 0 Å². The van der Waals surface area contributed by atoms with Crippen molar-refractivity contribution in [2.75, 3.05) is 0 Å². The molecule has 0 bridgehead atoms. The van der Waals surface area contributed by atoms with Crippen molar-refractivity contribution in [3.8, 4) is 34.1 Å². The second-order valence-electron chi connectivity index (χ2n) is 5.20. The molecule has 4 rings (SSSR count). The predicted octanol–water partition coefficient (Wildman–Crippen LogP) is 3.47. The van der Waals surface area contributed by atoms with Crippen LogP contribution in [0.3, 0.4) is 0 Å². The summed E-state index contributed by atoms with van der Waals surface area (Å²) in [6, 6.07) is 16.3. The Morgan fingerprint density at radius 1 is 0.826 bits per heavy atom. The zero-order valence-corrected chi connectivity index (χ0v) is 12.1. The normalized spacial score (nSPS) is 11.0. The van der Waals surface area contributed by atoms with E-state index in [2.05, 4.69) is 9.97 Å². The highest BCUT2D eigenvalue weighted by atomic mass is 16.3. The van der Waals surface area contributed by atoms with Gasteiger partial charge in [0.25, 0.3) is 0 Å². The lowest BCUT2D eigenvalue weighted by molar-refractivity contribution is 0.450. The van der Waals surface area contributed by atoms with Crippen LogP contribution >= 0.6 is 0 Å². The number of aromatic hydroxyl groups is 2.